The highest BCUT2D eigenvalue weighted by Gasteiger charge is 1.99. The lowest BCUT2D eigenvalue weighted by atomic mass is 10.2. The predicted octanol–water partition coefficient (Wildman–Crippen LogP) is 0.591. The van der Waals surface area contributed by atoms with Crippen molar-refractivity contribution < 1.29 is 9.53 Å². The number of nitriles is 1. The molecule has 6 nitrogen and oxygen atoms in total. The van der Waals surface area contributed by atoms with Gasteiger partial charge < -0.3 is 10.5 Å². The Morgan fingerprint density at radius 2 is 2.38 bits per heavy atom. The van der Waals surface area contributed by atoms with Crippen LogP contribution in [0, 0.1) is 11.3 Å². The summed E-state index contributed by atoms with van der Waals surface area (Å²) in [5, 5.41) is 12.0. The maximum atomic E-state index is 10.4. The average molecular weight is 218 g/mol. The molecule has 0 aliphatic carbocycles. The fourth-order valence-corrected chi connectivity index (χ4v) is 0.994. The van der Waals surface area contributed by atoms with Gasteiger partial charge in [0.2, 0.25) is 0 Å². The van der Waals surface area contributed by atoms with E-state index in [1.807, 2.05) is 6.07 Å². The third kappa shape index (κ3) is 3.67. The Hall–Kier alpha value is -2.55. The molecule has 0 bridgehead atoms. The maximum absolute atomic E-state index is 10.4. The highest BCUT2D eigenvalue weighted by atomic mass is 16.5. The van der Waals surface area contributed by atoms with Crippen molar-refractivity contribution in [3.8, 4) is 11.8 Å². The topological polar surface area (TPSA) is 100 Å². The second kappa shape index (κ2) is 6.03. The van der Waals surface area contributed by atoms with Gasteiger partial charge in [-0.05, 0) is 12.1 Å². The van der Waals surface area contributed by atoms with Crippen LogP contribution in [0.3, 0.4) is 0 Å². The highest BCUT2D eigenvalue weighted by Crippen LogP contribution is 2.15. The van der Waals surface area contributed by atoms with Gasteiger partial charge in [-0.25, -0.2) is 10.2 Å². The first-order valence-electron chi connectivity index (χ1n) is 4.41. The largest absolute Gasteiger partial charge is 0.478 e. The van der Waals surface area contributed by atoms with Gasteiger partial charge >= 0.3 is 6.03 Å². The minimum absolute atomic E-state index is 0.0475. The molecule has 0 fully saturated rings. The zero-order chi connectivity index (χ0) is 11.8. The van der Waals surface area contributed by atoms with Crippen LogP contribution in [0.15, 0.2) is 29.4 Å². The number of nitrogens with zero attached hydrogens (tertiary/aromatic N) is 2. The van der Waals surface area contributed by atoms with E-state index in [2.05, 4.69) is 10.5 Å². The van der Waals surface area contributed by atoms with Crippen LogP contribution in [0.5, 0.6) is 5.75 Å². The summed E-state index contributed by atoms with van der Waals surface area (Å²) in [6, 6.07) is 8.10. The first kappa shape index (κ1) is 11.5. The third-order valence-electron chi connectivity index (χ3n) is 1.59. The molecule has 0 aliphatic rings. The van der Waals surface area contributed by atoms with Crippen molar-refractivity contribution in [3.05, 3.63) is 29.8 Å². The van der Waals surface area contributed by atoms with Gasteiger partial charge in [-0.15, -0.1) is 0 Å². The average Bonchev–Trinajstić information content (AvgIpc) is 2.27. The number of rotatable bonds is 4. The number of hydrazone groups is 1. The van der Waals surface area contributed by atoms with E-state index in [-0.39, 0.29) is 6.61 Å². The lowest BCUT2D eigenvalue weighted by Gasteiger charge is -2.04. The smallest absolute Gasteiger partial charge is 0.332 e. The molecule has 6 heteroatoms. The fourth-order valence-electron chi connectivity index (χ4n) is 0.994. The van der Waals surface area contributed by atoms with Gasteiger partial charge in [0.05, 0.1) is 6.21 Å². The molecular formula is C10H10N4O2. The molecule has 2 amide bonds. The Bertz CT molecular complexity index is 437. The number of primary amides is 1. The molecule has 0 aromatic heterocycles. The number of ether oxygens (including phenoxy) is 1. The van der Waals surface area contributed by atoms with Crippen LogP contribution in [0.25, 0.3) is 0 Å². The molecule has 1 aromatic carbocycles. The maximum Gasteiger partial charge on any atom is 0.332 e. The molecule has 0 saturated heterocycles. The Kier molecular flexibility index (Phi) is 4.34. The lowest BCUT2D eigenvalue weighted by molar-refractivity contribution is 0.249. The Morgan fingerprint density at radius 3 is 3.06 bits per heavy atom. The number of para-hydroxylation sites is 1. The van der Waals surface area contributed by atoms with E-state index in [1.165, 1.54) is 6.21 Å². The van der Waals surface area contributed by atoms with Gasteiger partial charge in [-0.1, -0.05) is 12.1 Å². The van der Waals surface area contributed by atoms with Crippen molar-refractivity contribution in [3.63, 3.8) is 0 Å². The van der Waals surface area contributed by atoms with Crippen molar-refractivity contribution in [2.45, 2.75) is 0 Å². The summed E-state index contributed by atoms with van der Waals surface area (Å²) < 4.78 is 5.15. The van der Waals surface area contributed by atoms with E-state index in [1.54, 1.807) is 24.3 Å². The summed E-state index contributed by atoms with van der Waals surface area (Å²) in [7, 11) is 0. The van der Waals surface area contributed by atoms with Crippen LogP contribution in [0.2, 0.25) is 0 Å². The minimum Gasteiger partial charge on any atom is -0.478 e. The molecule has 0 heterocycles. The summed E-state index contributed by atoms with van der Waals surface area (Å²) in [6.07, 6.45) is 1.39. The quantitative estimate of drug-likeness (QED) is 0.571. The molecule has 3 N–H and O–H groups in total. The van der Waals surface area contributed by atoms with Gasteiger partial charge in [0.1, 0.15) is 11.8 Å². The summed E-state index contributed by atoms with van der Waals surface area (Å²) in [4.78, 5) is 10.4. The zero-order valence-electron chi connectivity index (χ0n) is 8.38. The van der Waals surface area contributed by atoms with E-state index in [4.69, 9.17) is 15.7 Å². The van der Waals surface area contributed by atoms with Crippen LogP contribution in [-0.2, 0) is 0 Å². The second-order valence-corrected chi connectivity index (χ2v) is 2.72. The summed E-state index contributed by atoms with van der Waals surface area (Å²) in [5.41, 5.74) is 7.55. The van der Waals surface area contributed by atoms with Crippen molar-refractivity contribution >= 4 is 12.2 Å². The molecule has 16 heavy (non-hydrogen) atoms. The molecule has 1 aromatic rings. The number of amides is 2. The van der Waals surface area contributed by atoms with Gasteiger partial charge in [-0.2, -0.15) is 10.4 Å². The van der Waals surface area contributed by atoms with E-state index in [9.17, 15) is 4.79 Å². The van der Waals surface area contributed by atoms with E-state index >= 15 is 0 Å². The highest BCUT2D eigenvalue weighted by molar-refractivity contribution is 5.84. The molecule has 0 unspecified atom stereocenters. The van der Waals surface area contributed by atoms with E-state index in [0.29, 0.717) is 11.3 Å². The Labute approximate surface area is 92.3 Å². The number of nitrogens with two attached hydrogens (primary N) is 1. The van der Waals surface area contributed by atoms with Crippen molar-refractivity contribution in [2.75, 3.05) is 6.61 Å². The fraction of sp³-hybridized carbons (Fsp3) is 0.100. The number of hydrogen-bond acceptors (Lipinski definition) is 4. The van der Waals surface area contributed by atoms with Crippen LogP contribution in [-0.4, -0.2) is 18.9 Å². The van der Waals surface area contributed by atoms with Gasteiger partial charge in [-0.3, -0.25) is 0 Å². The summed E-state index contributed by atoms with van der Waals surface area (Å²) in [6.45, 7) is -0.0475. The second-order valence-electron chi connectivity index (χ2n) is 2.72. The standard InChI is InChI=1S/C10H10N4O2/c11-5-6-16-9-4-2-1-3-8(9)7-13-14-10(12)15/h1-4,7H,6H2,(H3,12,14,15)/b13-7-. The van der Waals surface area contributed by atoms with Crippen LogP contribution >= 0.6 is 0 Å². The van der Waals surface area contributed by atoms with E-state index < -0.39 is 6.03 Å². The zero-order valence-corrected chi connectivity index (χ0v) is 8.38. The van der Waals surface area contributed by atoms with Gasteiger partial charge in [0.25, 0.3) is 0 Å². The molecule has 0 spiro atoms. The molecule has 1 rings (SSSR count). The van der Waals surface area contributed by atoms with Crippen molar-refractivity contribution in [2.24, 2.45) is 10.8 Å². The number of hydrogen-bond donors (Lipinski definition) is 2. The number of carbonyl (C=O) groups is 1. The SMILES string of the molecule is N#CCOc1ccccc1/C=N\NC(N)=O. The third-order valence-corrected chi connectivity index (χ3v) is 1.59. The Morgan fingerprint density at radius 1 is 1.62 bits per heavy atom. The minimum atomic E-state index is -0.744. The number of nitrogens with one attached hydrogen (secondary N) is 1. The number of benzene rings is 1. The van der Waals surface area contributed by atoms with Crippen molar-refractivity contribution in [1.29, 1.82) is 5.26 Å². The van der Waals surface area contributed by atoms with Gasteiger partial charge in [0, 0.05) is 5.56 Å². The normalized spacial score (nSPS) is 9.69. The molecule has 0 aliphatic heterocycles. The number of carbonyl (C=O) groups excluding carboxylic acids is 1. The molecule has 0 radical (unpaired) electrons. The monoisotopic (exact) mass is 218 g/mol. The first-order valence-corrected chi connectivity index (χ1v) is 4.41. The molecule has 82 valence electrons. The van der Waals surface area contributed by atoms with Crippen molar-refractivity contribution in [1.82, 2.24) is 5.43 Å². The van der Waals surface area contributed by atoms with Crippen LogP contribution in [0.4, 0.5) is 4.79 Å². The predicted molar refractivity (Wildman–Crippen MR) is 57.9 cm³/mol. The Balaban J connectivity index is 2.74. The molecular weight excluding hydrogens is 208 g/mol. The van der Waals surface area contributed by atoms with E-state index in [0.717, 1.165) is 0 Å². The lowest BCUT2D eigenvalue weighted by Crippen LogP contribution is -2.24. The van der Waals surface area contributed by atoms with Gasteiger partial charge in [0.15, 0.2) is 6.61 Å². The molecule has 0 atom stereocenters. The van der Waals surface area contributed by atoms with Crippen LogP contribution < -0.4 is 15.9 Å². The summed E-state index contributed by atoms with van der Waals surface area (Å²) in [5.74, 6) is 0.513. The summed E-state index contributed by atoms with van der Waals surface area (Å²) >= 11 is 0. The first-order chi connectivity index (χ1) is 7.74. The van der Waals surface area contributed by atoms with Crippen LogP contribution in [0.1, 0.15) is 5.56 Å². The number of urea groups is 1. The molecule has 0 saturated carbocycles.